The van der Waals surface area contributed by atoms with Crippen molar-refractivity contribution in [2.75, 3.05) is 0 Å². The maximum Gasteiger partial charge on any atom is 0.251 e. The van der Waals surface area contributed by atoms with Gasteiger partial charge in [0.2, 0.25) is 0 Å². The van der Waals surface area contributed by atoms with Gasteiger partial charge in [-0.1, -0.05) is 30.7 Å². The summed E-state index contributed by atoms with van der Waals surface area (Å²) in [7, 11) is 0. The molecule has 0 bridgehead atoms. The van der Waals surface area contributed by atoms with Gasteiger partial charge in [0.05, 0.1) is 17.3 Å². The van der Waals surface area contributed by atoms with Crippen LogP contribution in [0.5, 0.6) is 5.75 Å². The maximum absolute atomic E-state index is 13.3. The number of hydrogen-bond donors (Lipinski definition) is 1. The number of halogens is 2. The van der Waals surface area contributed by atoms with Crippen molar-refractivity contribution in [3.63, 3.8) is 0 Å². The fraction of sp³-hybridized carbons (Fsp3) is 0.385. The van der Waals surface area contributed by atoms with Gasteiger partial charge in [-0.05, 0) is 74.4 Å². The van der Waals surface area contributed by atoms with Gasteiger partial charge in [0, 0.05) is 28.1 Å². The fourth-order valence-electron chi connectivity index (χ4n) is 4.56. The lowest BCUT2D eigenvalue weighted by atomic mass is 9.81. The number of rotatable bonds is 7. The van der Waals surface area contributed by atoms with Gasteiger partial charge in [0.15, 0.2) is 0 Å². The van der Waals surface area contributed by atoms with E-state index >= 15 is 0 Å². The molecule has 0 radical (unpaired) electrons. The first-order valence-corrected chi connectivity index (χ1v) is 11.6. The molecule has 4 nitrogen and oxygen atoms in total. The number of alkyl halides is 1. The van der Waals surface area contributed by atoms with E-state index in [1.54, 1.807) is 30.3 Å². The van der Waals surface area contributed by atoms with Gasteiger partial charge in [-0.25, -0.2) is 9.37 Å². The molecule has 2 aromatic carbocycles. The van der Waals surface area contributed by atoms with Crippen LogP contribution in [0.4, 0.5) is 4.39 Å². The number of ether oxygens (including phenoxy) is 1. The number of aromatic nitrogens is 1. The molecule has 32 heavy (non-hydrogen) atoms. The van der Waals surface area contributed by atoms with Crippen LogP contribution in [0.3, 0.4) is 0 Å². The summed E-state index contributed by atoms with van der Waals surface area (Å²) in [4.78, 5) is 17.0. The lowest BCUT2D eigenvalue weighted by molar-refractivity contribution is 0.0872. The summed E-state index contributed by atoms with van der Waals surface area (Å²) >= 11 is 5.93. The maximum atomic E-state index is 13.3. The van der Waals surface area contributed by atoms with E-state index in [4.69, 9.17) is 16.3 Å². The highest BCUT2D eigenvalue weighted by atomic mass is 35.5. The molecule has 1 aliphatic rings. The number of fused-ring (bicyclic) bond motifs is 1. The molecular weight excluding hydrogens is 427 g/mol. The van der Waals surface area contributed by atoms with Crippen LogP contribution in [-0.4, -0.2) is 23.0 Å². The normalized spacial score (nSPS) is 19.5. The van der Waals surface area contributed by atoms with Gasteiger partial charge in [-0.3, -0.25) is 4.79 Å². The Labute approximate surface area is 193 Å². The molecule has 0 aliphatic heterocycles. The topological polar surface area (TPSA) is 51.2 Å². The minimum atomic E-state index is -0.612. The van der Waals surface area contributed by atoms with Crippen molar-refractivity contribution in [1.82, 2.24) is 10.3 Å². The largest absolute Gasteiger partial charge is 0.490 e. The summed E-state index contributed by atoms with van der Waals surface area (Å²) in [5.74, 6) is 1.05. The number of pyridine rings is 1. The molecule has 1 atom stereocenters. The highest BCUT2D eigenvalue weighted by molar-refractivity contribution is 6.30. The number of nitrogens with one attached hydrogen (secondary N) is 1. The van der Waals surface area contributed by atoms with E-state index in [0.717, 1.165) is 43.0 Å². The molecule has 1 heterocycles. The number of carbonyl (C=O) groups is 1. The Kier molecular flexibility index (Phi) is 7.26. The number of nitrogens with zero attached hydrogens (tertiary/aromatic N) is 1. The minimum Gasteiger partial charge on any atom is -0.490 e. The van der Waals surface area contributed by atoms with E-state index in [-0.39, 0.29) is 18.1 Å². The smallest absolute Gasteiger partial charge is 0.251 e. The number of carbonyl (C=O) groups excluding carboxylic acids is 1. The molecular formula is C26H28ClFN2O2. The molecule has 3 aromatic rings. The van der Waals surface area contributed by atoms with E-state index in [0.29, 0.717) is 27.9 Å². The highest BCUT2D eigenvalue weighted by Crippen LogP contribution is 2.33. The molecule has 1 aromatic heterocycles. The van der Waals surface area contributed by atoms with Crippen molar-refractivity contribution < 1.29 is 13.9 Å². The molecule has 0 saturated heterocycles. The first-order chi connectivity index (χ1) is 15.6. The van der Waals surface area contributed by atoms with Crippen LogP contribution in [0.15, 0.2) is 54.6 Å². The Morgan fingerprint density at radius 3 is 2.56 bits per heavy atom. The first-order valence-electron chi connectivity index (χ1n) is 11.2. The number of amides is 1. The third kappa shape index (κ3) is 5.21. The predicted octanol–water partition coefficient (Wildman–Crippen LogP) is 6.50. The molecule has 6 heteroatoms. The zero-order valence-electron chi connectivity index (χ0n) is 18.2. The molecule has 1 aliphatic carbocycles. The van der Waals surface area contributed by atoms with Gasteiger partial charge in [0.1, 0.15) is 12.4 Å². The molecule has 1 saturated carbocycles. The molecule has 0 spiro atoms. The van der Waals surface area contributed by atoms with Crippen LogP contribution < -0.4 is 10.1 Å². The van der Waals surface area contributed by atoms with Crippen molar-refractivity contribution in [1.29, 1.82) is 0 Å². The molecule has 0 unspecified atom stereocenters. The summed E-state index contributed by atoms with van der Waals surface area (Å²) in [6.45, 7) is 1.50. The summed E-state index contributed by atoms with van der Waals surface area (Å²) in [5.41, 5.74) is 1.77. The zero-order chi connectivity index (χ0) is 22.5. The van der Waals surface area contributed by atoms with Gasteiger partial charge >= 0.3 is 0 Å². The monoisotopic (exact) mass is 454 g/mol. The second-order valence-electron chi connectivity index (χ2n) is 8.41. The van der Waals surface area contributed by atoms with Crippen LogP contribution in [0.1, 0.15) is 55.1 Å². The van der Waals surface area contributed by atoms with Crippen LogP contribution in [0.25, 0.3) is 10.9 Å². The second kappa shape index (κ2) is 10.3. The predicted molar refractivity (Wildman–Crippen MR) is 126 cm³/mol. The van der Waals surface area contributed by atoms with E-state index < -0.39 is 6.67 Å². The van der Waals surface area contributed by atoms with Gasteiger partial charge in [-0.2, -0.15) is 0 Å². The summed E-state index contributed by atoms with van der Waals surface area (Å²) in [6.07, 6.45) is 4.71. The number of benzene rings is 2. The Bertz CT molecular complexity index is 1070. The van der Waals surface area contributed by atoms with E-state index in [9.17, 15) is 9.18 Å². The average Bonchev–Trinajstić information content (AvgIpc) is 2.83. The van der Waals surface area contributed by atoms with Crippen LogP contribution in [-0.2, 0) is 6.67 Å². The first kappa shape index (κ1) is 22.5. The van der Waals surface area contributed by atoms with Crippen LogP contribution in [0.2, 0.25) is 5.02 Å². The zero-order valence-corrected chi connectivity index (χ0v) is 18.9. The molecule has 1 fully saturated rings. The quantitative estimate of drug-likeness (QED) is 0.443. The van der Waals surface area contributed by atoms with E-state index in [1.807, 2.05) is 24.3 Å². The lowest BCUT2D eigenvalue weighted by Crippen LogP contribution is -2.42. The third-order valence-electron chi connectivity index (χ3n) is 6.31. The number of hydrogen-bond acceptors (Lipinski definition) is 3. The molecule has 1 N–H and O–H groups in total. The number of para-hydroxylation sites is 1. The molecule has 1 amide bonds. The summed E-state index contributed by atoms with van der Waals surface area (Å²) in [6, 6.07) is 16.5. The Morgan fingerprint density at radius 2 is 1.88 bits per heavy atom. The van der Waals surface area contributed by atoms with Gasteiger partial charge < -0.3 is 10.1 Å². The minimum absolute atomic E-state index is 0.0612. The fourth-order valence-corrected chi connectivity index (χ4v) is 4.68. The Morgan fingerprint density at radius 1 is 1.16 bits per heavy atom. The second-order valence-corrected chi connectivity index (χ2v) is 8.85. The summed E-state index contributed by atoms with van der Waals surface area (Å²) in [5, 5.41) is 4.73. The van der Waals surface area contributed by atoms with Crippen molar-refractivity contribution in [2.24, 2.45) is 5.92 Å². The van der Waals surface area contributed by atoms with E-state index in [1.165, 1.54) is 0 Å². The molecule has 4 rings (SSSR count). The van der Waals surface area contributed by atoms with Crippen molar-refractivity contribution in [2.45, 2.75) is 57.8 Å². The summed E-state index contributed by atoms with van der Waals surface area (Å²) < 4.78 is 19.6. The van der Waals surface area contributed by atoms with Gasteiger partial charge in [-0.15, -0.1) is 0 Å². The third-order valence-corrected chi connectivity index (χ3v) is 6.56. The van der Waals surface area contributed by atoms with Crippen molar-refractivity contribution >= 4 is 28.4 Å². The highest BCUT2D eigenvalue weighted by Gasteiger charge is 2.29. The van der Waals surface area contributed by atoms with Crippen molar-refractivity contribution in [3.05, 3.63) is 70.9 Å². The van der Waals surface area contributed by atoms with Gasteiger partial charge in [0.25, 0.3) is 5.91 Å². The average molecular weight is 455 g/mol. The molecule has 168 valence electrons. The lowest BCUT2D eigenvalue weighted by Gasteiger charge is -2.34. The SMILES string of the molecule is CC[C@H](NC(=O)c1ccc(Cl)cc1)C1CCC(Oc2cc(CF)nc3ccccc23)CC1. The van der Waals surface area contributed by atoms with Crippen LogP contribution in [0, 0.1) is 5.92 Å². The standard InChI is InChI=1S/C26H28ClFN2O2/c1-2-23(30-26(31)18-7-11-19(27)12-8-18)17-9-13-21(14-10-17)32-25-15-20(16-28)29-24-6-4-3-5-22(24)25/h3-8,11-12,15,17,21,23H,2,9-10,13-14,16H2,1H3,(H,30,31)/t17?,21?,23-/m0/s1. The van der Waals surface area contributed by atoms with E-state index in [2.05, 4.69) is 17.2 Å². The van der Waals surface area contributed by atoms with Crippen molar-refractivity contribution in [3.8, 4) is 5.75 Å². The Balaban J connectivity index is 1.38. The Hall–Kier alpha value is -2.66. The van der Waals surface area contributed by atoms with Crippen LogP contribution >= 0.6 is 11.6 Å².